The summed E-state index contributed by atoms with van der Waals surface area (Å²) in [5.74, 6) is 0.247. The molecule has 1 amide bonds. The molecule has 0 bridgehead atoms. The molecule has 1 fully saturated rings. The van der Waals surface area contributed by atoms with Crippen molar-refractivity contribution in [2.75, 3.05) is 33.9 Å². The fourth-order valence-corrected chi connectivity index (χ4v) is 3.56. The predicted molar refractivity (Wildman–Crippen MR) is 96.5 cm³/mol. The zero-order valence-electron chi connectivity index (χ0n) is 13.7. The molecule has 1 aliphatic heterocycles. The Balaban J connectivity index is 2.20. The molecule has 1 aromatic carbocycles. The molecule has 0 unspecified atom stereocenters. The molecule has 7 heteroatoms. The van der Waals surface area contributed by atoms with E-state index in [2.05, 4.69) is 17.1 Å². The summed E-state index contributed by atoms with van der Waals surface area (Å²) < 4.78 is 11.1. The summed E-state index contributed by atoms with van der Waals surface area (Å²) in [6.45, 7) is 4.73. The van der Waals surface area contributed by atoms with Gasteiger partial charge in [-0.3, -0.25) is 9.69 Å². The molecule has 1 saturated heterocycles. The molecule has 0 aromatic heterocycles. The largest absolute Gasteiger partial charge is 0.506 e. The quantitative estimate of drug-likeness (QED) is 0.675. The number of carbonyl (C=O) groups is 1. The monoisotopic (exact) mass is 432 g/mol. The van der Waals surface area contributed by atoms with Crippen molar-refractivity contribution >= 4 is 28.5 Å². The van der Waals surface area contributed by atoms with Crippen LogP contribution in [-0.2, 0) is 0 Å². The minimum Gasteiger partial charge on any atom is -0.506 e. The van der Waals surface area contributed by atoms with Crippen LogP contribution in [0.1, 0.15) is 30.1 Å². The molecule has 0 aliphatic carbocycles. The summed E-state index contributed by atoms with van der Waals surface area (Å²) >= 11 is 1.97. The third-order valence-electron chi connectivity index (χ3n) is 4.23. The molecule has 1 aromatic rings. The number of likely N-dealkylation sites (tertiary alicyclic amines) is 1. The van der Waals surface area contributed by atoms with Crippen molar-refractivity contribution in [1.29, 1.82) is 0 Å². The average molecular weight is 432 g/mol. The highest BCUT2D eigenvalue weighted by Crippen LogP contribution is 2.40. The summed E-state index contributed by atoms with van der Waals surface area (Å²) in [6, 6.07) is 1.99. The number of phenolic OH excluding ortho intramolecular Hbond substituents is 1. The second kappa shape index (κ2) is 8.05. The Morgan fingerprint density at radius 2 is 2.22 bits per heavy atom. The molecular formula is C16H23IN2O4. The van der Waals surface area contributed by atoms with E-state index < -0.39 is 0 Å². The van der Waals surface area contributed by atoms with Gasteiger partial charge in [-0.1, -0.05) is 6.92 Å². The van der Waals surface area contributed by atoms with Crippen molar-refractivity contribution in [3.63, 3.8) is 0 Å². The fourth-order valence-electron chi connectivity index (χ4n) is 3.01. The molecule has 1 heterocycles. The molecule has 1 atom stereocenters. The Bertz CT molecular complexity index is 580. The number of likely N-dealkylation sites (N-methyl/N-ethyl adjacent to an activating group) is 1. The number of methoxy groups -OCH3 is 2. The van der Waals surface area contributed by atoms with Gasteiger partial charge in [0, 0.05) is 18.7 Å². The summed E-state index contributed by atoms with van der Waals surface area (Å²) in [6.07, 6.45) is 2.23. The number of phenols is 1. The molecule has 128 valence electrons. The Hall–Kier alpha value is -1.22. The number of nitrogens with one attached hydrogen (secondary N) is 1. The number of ether oxygens (including phenoxy) is 2. The van der Waals surface area contributed by atoms with Crippen molar-refractivity contribution in [2.45, 2.75) is 25.8 Å². The summed E-state index contributed by atoms with van der Waals surface area (Å²) in [4.78, 5) is 14.9. The van der Waals surface area contributed by atoms with Crippen LogP contribution in [0.5, 0.6) is 17.2 Å². The van der Waals surface area contributed by atoms with Crippen LogP contribution in [0, 0.1) is 3.57 Å². The first kappa shape index (κ1) is 18.1. The number of hydrogen-bond donors (Lipinski definition) is 2. The maximum Gasteiger partial charge on any atom is 0.259 e. The molecule has 2 rings (SSSR count). The molecule has 0 saturated carbocycles. The fraction of sp³-hybridized carbons (Fsp3) is 0.562. The number of carbonyl (C=O) groups excluding carboxylic acids is 1. The number of amides is 1. The van der Waals surface area contributed by atoms with Gasteiger partial charge in [-0.25, -0.2) is 0 Å². The Kier molecular flexibility index (Phi) is 6.34. The van der Waals surface area contributed by atoms with E-state index in [1.54, 1.807) is 6.07 Å². The molecule has 2 N–H and O–H groups in total. The lowest BCUT2D eigenvalue weighted by Crippen LogP contribution is -2.40. The Labute approximate surface area is 150 Å². The van der Waals surface area contributed by atoms with Crippen molar-refractivity contribution < 1.29 is 19.4 Å². The van der Waals surface area contributed by atoms with E-state index in [4.69, 9.17) is 9.47 Å². The number of hydrogen-bond acceptors (Lipinski definition) is 5. The van der Waals surface area contributed by atoms with Crippen LogP contribution in [0.2, 0.25) is 0 Å². The second-order valence-electron chi connectivity index (χ2n) is 5.45. The molecule has 0 spiro atoms. The van der Waals surface area contributed by atoms with Crippen LogP contribution in [0.25, 0.3) is 0 Å². The van der Waals surface area contributed by atoms with E-state index in [0.29, 0.717) is 21.9 Å². The van der Waals surface area contributed by atoms with Gasteiger partial charge in [-0.2, -0.15) is 0 Å². The second-order valence-corrected chi connectivity index (χ2v) is 6.61. The zero-order chi connectivity index (χ0) is 17.0. The van der Waals surface area contributed by atoms with E-state index in [-0.39, 0.29) is 23.0 Å². The van der Waals surface area contributed by atoms with Gasteiger partial charge < -0.3 is 19.9 Å². The van der Waals surface area contributed by atoms with Crippen LogP contribution in [0.15, 0.2) is 6.07 Å². The summed E-state index contributed by atoms with van der Waals surface area (Å²) in [5, 5.41) is 13.2. The lowest BCUT2D eigenvalue weighted by molar-refractivity contribution is 0.0934. The van der Waals surface area contributed by atoms with Crippen LogP contribution < -0.4 is 14.8 Å². The highest BCUT2D eigenvalue weighted by atomic mass is 125. The van der Waals surface area contributed by atoms with Gasteiger partial charge in [0.15, 0.2) is 11.5 Å². The first-order valence-electron chi connectivity index (χ1n) is 7.69. The Morgan fingerprint density at radius 3 is 2.83 bits per heavy atom. The van der Waals surface area contributed by atoms with Crippen LogP contribution >= 0.6 is 22.6 Å². The number of halogens is 1. The maximum absolute atomic E-state index is 12.6. The van der Waals surface area contributed by atoms with Gasteiger partial charge in [-0.05, 0) is 48.5 Å². The number of benzene rings is 1. The Morgan fingerprint density at radius 1 is 1.48 bits per heavy atom. The van der Waals surface area contributed by atoms with Crippen LogP contribution in [-0.4, -0.2) is 55.8 Å². The molecule has 23 heavy (non-hydrogen) atoms. The minimum absolute atomic E-state index is 0.0838. The van der Waals surface area contributed by atoms with Crippen LogP contribution in [0.4, 0.5) is 0 Å². The molecule has 6 nitrogen and oxygen atoms in total. The first-order valence-corrected chi connectivity index (χ1v) is 8.77. The van der Waals surface area contributed by atoms with E-state index in [0.717, 1.165) is 25.9 Å². The summed E-state index contributed by atoms with van der Waals surface area (Å²) in [5.41, 5.74) is 0.122. The van der Waals surface area contributed by atoms with Crippen molar-refractivity contribution in [2.24, 2.45) is 0 Å². The standard InChI is InChI=1S/C16H23IN2O4/c1-4-19-7-5-6-10(19)9-18-16(21)13-14(20)11(17)8-12(22-2)15(13)23-3/h8,10,20H,4-7,9H2,1-3H3,(H,18,21)/t10-/m0/s1/i17-2. The third-order valence-corrected chi connectivity index (χ3v) is 5.05. The molecule has 1 aliphatic rings. The minimum atomic E-state index is -0.348. The smallest absolute Gasteiger partial charge is 0.259 e. The van der Waals surface area contributed by atoms with E-state index >= 15 is 0 Å². The van der Waals surface area contributed by atoms with Gasteiger partial charge in [0.05, 0.1) is 17.8 Å². The van der Waals surface area contributed by atoms with Gasteiger partial charge in [0.2, 0.25) is 0 Å². The zero-order valence-corrected chi connectivity index (χ0v) is 15.8. The molecule has 0 radical (unpaired) electrons. The van der Waals surface area contributed by atoms with Crippen molar-refractivity contribution in [3.8, 4) is 17.2 Å². The van der Waals surface area contributed by atoms with Gasteiger partial charge in [0.1, 0.15) is 11.3 Å². The van der Waals surface area contributed by atoms with E-state index in [9.17, 15) is 9.90 Å². The van der Waals surface area contributed by atoms with E-state index in [1.807, 2.05) is 22.6 Å². The summed E-state index contributed by atoms with van der Waals surface area (Å²) in [7, 11) is 2.96. The van der Waals surface area contributed by atoms with Gasteiger partial charge >= 0.3 is 0 Å². The average Bonchev–Trinajstić information content (AvgIpc) is 3.01. The van der Waals surface area contributed by atoms with Gasteiger partial charge in [0.25, 0.3) is 5.91 Å². The normalized spacial score (nSPS) is 18.0. The van der Waals surface area contributed by atoms with Crippen molar-refractivity contribution in [1.82, 2.24) is 10.2 Å². The first-order chi connectivity index (χ1) is 11.0. The van der Waals surface area contributed by atoms with Gasteiger partial charge in [-0.15, -0.1) is 0 Å². The highest BCUT2D eigenvalue weighted by Gasteiger charge is 2.27. The SMILES string of the molecule is CCN1CCC[C@H]1CNC(=O)c1c(O)c([125I])cc(OC)c1OC. The lowest BCUT2D eigenvalue weighted by Gasteiger charge is -2.23. The predicted octanol–water partition coefficient (Wildman–Crippen LogP) is 2.23. The maximum atomic E-state index is 12.6. The number of rotatable bonds is 6. The van der Waals surface area contributed by atoms with Crippen LogP contribution in [0.3, 0.4) is 0 Å². The third kappa shape index (κ3) is 3.82. The molecular weight excluding hydrogens is 409 g/mol. The van der Waals surface area contributed by atoms with Crippen molar-refractivity contribution in [3.05, 3.63) is 15.2 Å². The topological polar surface area (TPSA) is 71.0 Å². The van der Waals surface area contributed by atoms with E-state index in [1.165, 1.54) is 14.2 Å². The number of nitrogens with zero attached hydrogens (tertiary/aromatic N) is 1. The number of aromatic hydroxyl groups is 1. The highest BCUT2D eigenvalue weighted by molar-refractivity contribution is 14.1. The lowest BCUT2D eigenvalue weighted by atomic mass is 10.1.